The Morgan fingerprint density at radius 2 is 2.64 bits per heavy atom. The minimum Gasteiger partial charge on any atom is -0.444 e. The van der Waals surface area contributed by atoms with Gasteiger partial charge >= 0.3 is 6.09 Å². The number of hydrogen-bond acceptors (Lipinski definition) is 3. The molecule has 0 bridgehead atoms. The topological polar surface area (TPSA) is 58.6 Å². The van der Waals surface area contributed by atoms with Gasteiger partial charge in [0.2, 0.25) is 0 Å². The lowest BCUT2D eigenvalue weighted by atomic mass is 9.98. The molecule has 4 heteroatoms. The van der Waals surface area contributed by atoms with E-state index in [0.717, 1.165) is 19.3 Å². The molecule has 1 aliphatic carbocycles. The third-order valence-electron chi connectivity index (χ3n) is 2.59. The van der Waals surface area contributed by atoms with E-state index in [0.29, 0.717) is 0 Å². The number of alkyl carbamates (subject to hydrolysis) is 1. The van der Waals surface area contributed by atoms with Gasteiger partial charge in [-0.15, -0.1) is 0 Å². The zero-order valence-electron chi connectivity index (χ0n) is 6.17. The summed E-state index contributed by atoms with van der Waals surface area (Å²) in [5.41, 5.74) is -0.447. The van der Waals surface area contributed by atoms with Crippen molar-refractivity contribution in [3.63, 3.8) is 0 Å². The maximum absolute atomic E-state index is 10.8. The highest BCUT2D eigenvalue weighted by atomic mass is 16.6. The van der Waals surface area contributed by atoms with Gasteiger partial charge in [0.25, 0.3) is 0 Å². The van der Waals surface area contributed by atoms with Gasteiger partial charge < -0.3 is 15.2 Å². The Labute approximate surface area is 64.5 Å². The molecule has 2 aliphatic rings. The largest absolute Gasteiger partial charge is 0.444 e. The number of hydrogen-bond donors (Lipinski definition) is 2. The van der Waals surface area contributed by atoms with Crippen molar-refractivity contribution in [1.29, 1.82) is 0 Å². The van der Waals surface area contributed by atoms with Gasteiger partial charge in [0, 0.05) is 0 Å². The zero-order valence-corrected chi connectivity index (χ0v) is 6.17. The quantitative estimate of drug-likeness (QED) is 0.563. The second kappa shape index (κ2) is 2.11. The number of rotatable bonds is 1. The van der Waals surface area contributed by atoms with E-state index >= 15 is 0 Å². The smallest absolute Gasteiger partial charge is 0.408 e. The van der Waals surface area contributed by atoms with E-state index in [9.17, 15) is 4.79 Å². The minimum absolute atomic E-state index is 0.0105. The van der Waals surface area contributed by atoms with Crippen LogP contribution in [0.4, 0.5) is 4.79 Å². The Kier molecular flexibility index (Phi) is 1.32. The number of carbonyl (C=O) groups excluding carboxylic acids is 1. The molecule has 4 nitrogen and oxygen atoms in total. The maximum atomic E-state index is 10.8. The zero-order chi connectivity index (χ0) is 7.90. The maximum Gasteiger partial charge on any atom is 0.408 e. The lowest BCUT2D eigenvalue weighted by Crippen LogP contribution is -2.48. The molecule has 0 spiro atoms. The molecule has 1 aliphatic heterocycles. The fourth-order valence-corrected chi connectivity index (χ4v) is 1.94. The number of fused-ring (bicyclic) bond motifs is 1. The van der Waals surface area contributed by atoms with Crippen LogP contribution in [-0.2, 0) is 4.74 Å². The van der Waals surface area contributed by atoms with Crippen molar-refractivity contribution in [3.05, 3.63) is 0 Å². The summed E-state index contributed by atoms with van der Waals surface area (Å²) >= 11 is 0. The van der Waals surface area contributed by atoms with Gasteiger partial charge in [0.15, 0.2) is 0 Å². The highest BCUT2D eigenvalue weighted by molar-refractivity contribution is 5.71. The summed E-state index contributed by atoms with van der Waals surface area (Å²) in [6.07, 6.45) is 2.24. The van der Waals surface area contributed by atoms with Crippen molar-refractivity contribution in [2.45, 2.75) is 30.9 Å². The van der Waals surface area contributed by atoms with Crippen LogP contribution in [0.15, 0.2) is 0 Å². The molecule has 2 fully saturated rings. The molecular formula is C7H11NO3. The minimum atomic E-state index is -0.447. The number of amides is 1. The van der Waals surface area contributed by atoms with Gasteiger partial charge in [-0.1, -0.05) is 0 Å². The van der Waals surface area contributed by atoms with Gasteiger partial charge in [0.1, 0.15) is 11.6 Å². The van der Waals surface area contributed by atoms with Crippen LogP contribution < -0.4 is 5.32 Å². The van der Waals surface area contributed by atoms with Gasteiger partial charge in [-0.25, -0.2) is 4.79 Å². The number of carbonyl (C=O) groups is 1. The van der Waals surface area contributed by atoms with E-state index in [4.69, 9.17) is 9.84 Å². The van der Waals surface area contributed by atoms with Crippen molar-refractivity contribution < 1.29 is 14.6 Å². The van der Waals surface area contributed by atoms with E-state index < -0.39 is 5.54 Å². The Bertz CT molecular complexity index is 194. The first-order chi connectivity index (χ1) is 5.27. The lowest BCUT2D eigenvalue weighted by Gasteiger charge is -2.22. The van der Waals surface area contributed by atoms with Crippen molar-refractivity contribution in [1.82, 2.24) is 5.32 Å². The fourth-order valence-electron chi connectivity index (χ4n) is 1.94. The van der Waals surface area contributed by atoms with E-state index in [1.165, 1.54) is 0 Å². The van der Waals surface area contributed by atoms with Crippen molar-refractivity contribution in [2.75, 3.05) is 6.61 Å². The van der Waals surface area contributed by atoms with Crippen LogP contribution in [0.3, 0.4) is 0 Å². The first-order valence-electron chi connectivity index (χ1n) is 3.86. The molecule has 0 radical (unpaired) electrons. The molecule has 0 aromatic carbocycles. The molecule has 11 heavy (non-hydrogen) atoms. The molecule has 2 N–H and O–H groups in total. The standard InChI is InChI=1S/C7H11NO3/c9-4-7-3-1-2-5(7)11-6(10)8-7/h5,9H,1-4H2,(H,8,10)/t5-,7-/m1/s1. The normalized spacial score (nSPS) is 41.5. The molecule has 1 saturated carbocycles. The Balaban J connectivity index is 2.21. The summed E-state index contributed by atoms with van der Waals surface area (Å²) in [6.45, 7) is -0.0105. The molecule has 0 aromatic rings. The Hall–Kier alpha value is -0.770. The fraction of sp³-hybridized carbons (Fsp3) is 0.857. The average molecular weight is 157 g/mol. The van der Waals surface area contributed by atoms with E-state index in [2.05, 4.69) is 5.32 Å². The van der Waals surface area contributed by atoms with Crippen molar-refractivity contribution >= 4 is 6.09 Å². The molecule has 2 atom stereocenters. The molecule has 1 heterocycles. The summed E-state index contributed by atoms with van der Waals surface area (Å²) in [7, 11) is 0. The van der Waals surface area contributed by atoms with Gasteiger partial charge in [-0.05, 0) is 19.3 Å². The van der Waals surface area contributed by atoms with Crippen LogP contribution >= 0.6 is 0 Å². The van der Waals surface area contributed by atoms with Crippen LogP contribution in [0.25, 0.3) is 0 Å². The molecule has 62 valence electrons. The Morgan fingerprint density at radius 1 is 1.82 bits per heavy atom. The summed E-state index contributed by atoms with van der Waals surface area (Å²) in [6, 6.07) is 0. The van der Waals surface area contributed by atoms with E-state index in [1.54, 1.807) is 0 Å². The predicted octanol–water partition coefficient (Wildman–Crippen LogP) is 0.00980. The average Bonchev–Trinajstić information content (AvgIpc) is 2.43. The third kappa shape index (κ3) is 0.822. The van der Waals surface area contributed by atoms with Gasteiger partial charge in [-0.3, -0.25) is 0 Å². The number of aliphatic hydroxyl groups excluding tert-OH is 1. The van der Waals surface area contributed by atoms with Crippen LogP contribution in [-0.4, -0.2) is 29.4 Å². The highest BCUT2D eigenvalue weighted by Crippen LogP contribution is 2.35. The van der Waals surface area contributed by atoms with Crippen LogP contribution in [0.5, 0.6) is 0 Å². The molecule has 1 amide bonds. The number of nitrogens with one attached hydrogen (secondary N) is 1. The van der Waals surface area contributed by atoms with Crippen molar-refractivity contribution in [3.8, 4) is 0 Å². The summed E-state index contributed by atoms with van der Waals surface area (Å²) in [5.74, 6) is 0. The summed E-state index contributed by atoms with van der Waals surface area (Å²) in [4.78, 5) is 10.8. The highest BCUT2D eigenvalue weighted by Gasteiger charge is 2.51. The summed E-state index contributed by atoms with van der Waals surface area (Å²) in [5, 5.41) is 11.7. The summed E-state index contributed by atoms with van der Waals surface area (Å²) < 4.78 is 4.97. The SMILES string of the molecule is O=C1N[C@@]2(CO)CCC[C@H]2O1. The monoisotopic (exact) mass is 157 g/mol. The first-order valence-corrected chi connectivity index (χ1v) is 3.86. The Morgan fingerprint density at radius 3 is 3.27 bits per heavy atom. The number of ether oxygens (including phenoxy) is 1. The molecule has 2 rings (SSSR count). The lowest BCUT2D eigenvalue weighted by molar-refractivity contribution is 0.0950. The molecular weight excluding hydrogens is 146 g/mol. The van der Waals surface area contributed by atoms with Gasteiger partial charge in [-0.2, -0.15) is 0 Å². The van der Waals surface area contributed by atoms with Crippen LogP contribution in [0, 0.1) is 0 Å². The predicted molar refractivity (Wildman–Crippen MR) is 37.1 cm³/mol. The third-order valence-corrected chi connectivity index (χ3v) is 2.59. The first kappa shape index (κ1) is 6.91. The van der Waals surface area contributed by atoms with Crippen molar-refractivity contribution in [2.24, 2.45) is 0 Å². The second-order valence-electron chi connectivity index (χ2n) is 3.23. The van der Waals surface area contributed by atoms with E-state index in [-0.39, 0.29) is 18.8 Å². The molecule has 0 unspecified atom stereocenters. The van der Waals surface area contributed by atoms with E-state index in [1.807, 2.05) is 0 Å². The van der Waals surface area contributed by atoms with Crippen LogP contribution in [0.2, 0.25) is 0 Å². The molecule has 1 saturated heterocycles. The second-order valence-corrected chi connectivity index (χ2v) is 3.23. The molecule has 0 aromatic heterocycles. The van der Waals surface area contributed by atoms with Crippen LogP contribution in [0.1, 0.15) is 19.3 Å². The number of aliphatic hydroxyl groups is 1. The van der Waals surface area contributed by atoms with Gasteiger partial charge in [0.05, 0.1) is 6.61 Å².